The van der Waals surface area contributed by atoms with Gasteiger partial charge in [-0.3, -0.25) is 19.4 Å². The predicted octanol–water partition coefficient (Wildman–Crippen LogP) is 1.36. The van der Waals surface area contributed by atoms with Gasteiger partial charge in [0.05, 0.1) is 18.5 Å². The number of carbonyl (C=O) groups is 2. The highest BCUT2D eigenvalue weighted by molar-refractivity contribution is 5.83. The second-order valence-corrected chi connectivity index (χ2v) is 8.04. The predicted molar refractivity (Wildman–Crippen MR) is 120 cm³/mol. The van der Waals surface area contributed by atoms with E-state index in [4.69, 9.17) is 0 Å². The molecule has 9 heteroatoms. The Hall–Kier alpha value is -3.17. The minimum absolute atomic E-state index is 0.0430. The van der Waals surface area contributed by atoms with Gasteiger partial charge in [0.1, 0.15) is 6.54 Å². The van der Waals surface area contributed by atoms with Crippen LogP contribution in [0.3, 0.4) is 0 Å². The molecule has 0 fully saturated rings. The van der Waals surface area contributed by atoms with Gasteiger partial charge in [-0.1, -0.05) is 24.3 Å². The van der Waals surface area contributed by atoms with Crippen LogP contribution in [-0.4, -0.2) is 82.7 Å². The first-order valence-corrected chi connectivity index (χ1v) is 10.8. The van der Waals surface area contributed by atoms with Gasteiger partial charge in [0.15, 0.2) is 6.20 Å². The molecule has 0 aliphatic carbocycles. The van der Waals surface area contributed by atoms with Crippen LogP contribution in [0.2, 0.25) is 0 Å². The van der Waals surface area contributed by atoms with E-state index in [0.29, 0.717) is 51.4 Å². The Morgan fingerprint density at radius 3 is 2.34 bits per heavy atom. The molecule has 32 heavy (non-hydrogen) atoms. The van der Waals surface area contributed by atoms with Gasteiger partial charge in [0.2, 0.25) is 5.69 Å². The summed E-state index contributed by atoms with van der Waals surface area (Å²) in [7, 11) is 0. The maximum atomic E-state index is 12.5. The molecule has 3 rings (SSSR count). The average Bonchev–Trinajstić information content (AvgIpc) is 2.73. The number of nitrogens with zero attached hydrogens (tertiary/aromatic N) is 4. The molecule has 0 radical (unpaired) electrons. The lowest BCUT2D eigenvalue weighted by Gasteiger charge is -2.27. The van der Waals surface area contributed by atoms with E-state index in [0.717, 1.165) is 21.9 Å². The zero-order chi connectivity index (χ0) is 22.9. The van der Waals surface area contributed by atoms with E-state index >= 15 is 0 Å². The van der Waals surface area contributed by atoms with Crippen LogP contribution < -0.4 is 4.73 Å². The van der Waals surface area contributed by atoms with Crippen molar-refractivity contribution in [1.29, 1.82) is 0 Å². The van der Waals surface area contributed by atoms with E-state index in [-0.39, 0.29) is 13.1 Å². The third-order valence-corrected chi connectivity index (χ3v) is 5.55. The van der Waals surface area contributed by atoms with Crippen molar-refractivity contribution >= 4 is 22.7 Å². The molecule has 0 saturated carbocycles. The first-order valence-electron chi connectivity index (χ1n) is 10.8. The fourth-order valence-corrected chi connectivity index (χ4v) is 4.06. The summed E-state index contributed by atoms with van der Waals surface area (Å²) in [4.78, 5) is 28.2. The lowest BCUT2D eigenvalue weighted by atomic mass is 10.1. The molecule has 1 aliphatic heterocycles. The van der Waals surface area contributed by atoms with Gasteiger partial charge in [-0.2, -0.15) is 4.73 Å². The SMILES string of the molecule is O=C(O)CN1C/C=C\N(Cc2c3ccccc3cc[n+]2[O-])CCCN(CC(=O)O)CCC1. The van der Waals surface area contributed by atoms with Gasteiger partial charge in [-0.05, 0) is 37.0 Å². The van der Waals surface area contributed by atoms with Crippen LogP contribution in [0.5, 0.6) is 0 Å². The summed E-state index contributed by atoms with van der Waals surface area (Å²) >= 11 is 0. The monoisotopic (exact) mass is 442 g/mol. The molecule has 0 amide bonds. The lowest BCUT2D eigenvalue weighted by molar-refractivity contribution is -0.613. The van der Waals surface area contributed by atoms with Gasteiger partial charge < -0.3 is 20.3 Å². The van der Waals surface area contributed by atoms with Crippen molar-refractivity contribution in [2.24, 2.45) is 0 Å². The number of benzene rings is 1. The molecule has 9 nitrogen and oxygen atoms in total. The highest BCUT2D eigenvalue weighted by Crippen LogP contribution is 2.17. The van der Waals surface area contributed by atoms with E-state index in [9.17, 15) is 25.0 Å². The zero-order valence-corrected chi connectivity index (χ0v) is 18.1. The van der Waals surface area contributed by atoms with E-state index in [1.807, 2.05) is 51.2 Å². The minimum Gasteiger partial charge on any atom is -0.618 e. The Kier molecular flexibility index (Phi) is 8.41. The topological polar surface area (TPSA) is 111 Å². The first kappa shape index (κ1) is 23.5. The summed E-state index contributed by atoms with van der Waals surface area (Å²) in [5, 5.41) is 32.9. The number of rotatable bonds is 6. The third kappa shape index (κ3) is 6.93. The summed E-state index contributed by atoms with van der Waals surface area (Å²) in [5.74, 6) is -1.77. The van der Waals surface area contributed by atoms with E-state index in [1.54, 1.807) is 6.07 Å². The van der Waals surface area contributed by atoms with Crippen LogP contribution in [0.25, 0.3) is 10.8 Å². The molecule has 0 spiro atoms. The van der Waals surface area contributed by atoms with Crippen molar-refractivity contribution in [3.63, 3.8) is 0 Å². The maximum Gasteiger partial charge on any atom is 0.317 e. The molecule has 0 atom stereocenters. The van der Waals surface area contributed by atoms with Crippen molar-refractivity contribution < 1.29 is 24.5 Å². The number of aromatic nitrogens is 1. The Bertz CT molecular complexity index is 965. The summed E-state index contributed by atoms with van der Waals surface area (Å²) in [6.07, 6.45) is 6.81. The summed E-state index contributed by atoms with van der Waals surface area (Å²) < 4.78 is 0.889. The van der Waals surface area contributed by atoms with Crippen LogP contribution in [-0.2, 0) is 16.1 Å². The summed E-state index contributed by atoms with van der Waals surface area (Å²) in [6, 6.07) is 9.55. The fourth-order valence-electron chi connectivity index (χ4n) is 4.06. The standard InChI is InChI=1S/C23H30N4O5/c28-22(29)17-25-11-3-9-24(10-4-12-26(14-5-13-25)18-23(30)31)16-21-20-7-2-1-6-19(20)8-15-27(21)32/h1-3,6-9,15H,4-5,10-14,16-18H2,(H,28,29)(H,30,31)/b9-3-. The number of carboxylic acid groups (broad SMARTS) is 2. The Morgan fingerprint density at radius 2 is 1.59 bits per heavy atom. The highest BCUT2D eigenvalue weighted by atomic mass is 16.5. The zero-order valence-electron chi connectivity index (χ0n) is 18.1. The van der Waals surface area contributed by atoms with Crippen molar-refractivity contribution in [3.05, 3.63) is 59.7 Å². The van der Waals surface area contributed by atoms with E-state index < -0.39 is 11.9 Å². The van der Waals surface area contributed by atoms with E-state index in [2.05, 4.69) is 0 Å². The Balaban J connectivity index is 1.81. The van der Waals surface area contributed by atoms with Crippen LogP contribution in [0, 0.1) is 5.21 Å². The number of hydrogen-bond donors (Lipinski definition) is 2. The molecular formula is C23H30N4O5. The van der Waals surface area contributed by atoms with Crippen molar-refractivity contribution in [1.82, 2.24) is 14.7 Å². The van der Waals surface area contributed by atoms with Crippen molar-refractivity contribution in [3.8, 4) is 0 Å². The summed E-state index contributed by atoms with van der Waals surface area (Å²) in [6.45, 7) is 3.17. The normalized spacial score (nSPS) is 18.1. The third-order valence-electron chi connectivity index (χ3n) is 5.55. The largest absolute Gasteiger partial charge is 0.618 e. The molecule has 172 valence electrons. The van der Waals surface area contributed by atoms with Crippen molar-refractivity contribution in [2.45, 2.75) is 19.4 Å². The second kappa shape index (κ2) is 11.4. The number of hydrogen-bond acceptors (Lipinski definition) is 6. The van der Waals surface area contributed by atoms with Gasteiger partial charge in [-0.25, -0.2) is 0 Å². The second-order valence-electron chi connectivity index (χ2n) is 8.04. The van der Waals surface area contributed by atoms with Crippen LogP contribution in [0.1, 0.15) is 18.5 Å². The molecule has 2 N–H and O–H groups in total. The number of fused-ring (bicyclic) bond motifs is 1. The summed E-state index contributed by atoms with van der Waals surface area (Å²) in [5.41, 5.74) is 0.643. The molecule has 2 aromatic rings. The first-order chi connectivity index (χ1) is 15.4. The molecule has 1 aromatic carbocycles. The van der Waals surface area contributed by atoms with Gasteiger partial charge in [0, 0.05) is 32.2 Å². The highest BCUT2D eigenvalue weighted by Gasteiger charge is 2.17. The van der Waals surface area contributed by atoms with Crippen LogP contribution in [0.4, 0.5) is 0 Å². The average molecular weight is 443 g/mol. The number of pyridine rings is 1. The van der Waals surface area contributed by atoms with Gasteiger partial charge in [0.25, 0.3) is 0 Å². The Morgan fingerprint density at radius 1 is 0.938 bits per heavy atom. The smallest absolute Gasteiger partial charge is 0.317 e. The van der Waals surface area contributed by atoms with Crippen molar-refractivity contribution in [2.75, 3.05) is 45.8 Å². The van der Waals surface area contributed by atoms with Crippen LogP contribution in [0.15, 0.2) is 48.8 Å². The number of aliphatic carboxylic acids is 2. The van der Waals surface area contributed by atoms with Crippen LogP contribution >= 0.6 is 0 Å². The molecule has 2 heterocycles. The van der Waals surface area contributed by atoms with Gasteiger partial charge in [-0.15, -0.1) is 0 Å². The Labute approximate surface area is 187 Å². The molecule has 1 aliphatic rings. The lowest BCUT2D eigenvalue weighted by Crippen LogP contribution is -2.38. The number of carboxylic acids is 2. The van der Waals surface area contributed by atoms with E-state index in [1.165, 1.54) is 6.20 Å². The molecule has 0 bridgehead atoms. The van der Waals surface area contributed by atoms with Gasteiger partial charge >= 0.3 is 11.9 Å². The molecule has 1 aromatic heterocycles. The molecule has 0 unspecified atom stereocenters. The fraction of sp³-hybridized carbons (Fsp3) is 0.435. The minimum atomic E-state index is -0.895. The maximum absolute atomic E-state index is 12.5. The quantitative estimate of drug-likeness (QED) is 0.510. The molecule has 0 saturated heterocycles. The molecular weight excluding hydrogens is 412 g/mol.